The highest BCUT2D eigenvalue weighted by Crippen LogP contribution is 2.24. The van der Waals surface area contributed by atoms with Crippen molar-refractivity contribution in [3.05, 3.63) is 35.9 Å². The lowest BCUT2D eigenvalue weighted by Crippen LogP contribution is -2.29. The van der Waals surface area contributed by atoms with Gasteiger partial charge in [-0.15, -0.1) is 0 Å². The number of aromatic hydroxyl groups is 1. The van der Waals surface area contributed by atoms with Crippen LogP contribution in [0, 0.1) is 0 Å². The van der Waals surface area contributed by atoms with Gasteiger partial charge in [0.25, 0.3) is 0 Å². The highest BCUT2D eigenvalue weighted by molar-refractivity contribution is 6.58. The van der Waals surface area contributed by atoms with Crippen molar-refractivity contribution < 1.29 is 19.9 Å². The highest BCUT2D eigenvalue weighted by Gasteiger charge is 2.13. The molecule has 0 radical (unpaired) electrons. The number of benzene rings is 2. The molecule has 0 atom stereocenters. The van der Waals surface area contributed by atoms with E-state index >= 15 is 0 Å². The van der Waals surface area contributed by atoms with Crippen molar-refractivity contribution in [2.75, 3.05) is 0 Å². The van der Waals surface area contributed by atoms with Crippen LogP contribution < -0.4 is 5.46 Å². The van der Waals surface area contributed by atoms with Crippen molar-refractivity contribution in [3.8, 4) is 5.75 Å². The van der Waals surface area contributed by atoms with E-state index in [1.54, 1.807) is 24.3 Å². The minimum atomic E-state index is -1.55. The van der Waals surface area contributed by atoms with Crippen molar-refractivity contribution in [3.63, 3.8) is 0 Å². The maximum Gasteiger partial charge on any atom is 0.488 e. The van der Waals surface area contributed by atoms with Crippen LogP contribution in [0.2, 0.25) is 0 Å². The van der Waals surface area contributed by atoms with E-state index in [4.69, 9.17) is 10.0 Å². The Morgan fingerprint density at radius 3 is 2.41 bits per heavy atom. The molecule has 3 N–H and O–H groups in total. The summed E-state index contributed by atoms with van der Waals surface area (Å²) in [5.41, 5.74) is 0.599. The van der Waals surface area contributed by atoms with Gasteiger partial charge < -0.3 is 15.2 Å². The van der Waals surface area contributed by atoms with Crippen LogP contribution in [0.3, 0.4) is 0 Å². The number of hydrogen-bond donors (Lipinski definition) is 3. The Kier molecular flexibility index (Phi) is 2.87. The fourth-order valence-electron chi connectivity index (χ4n) is 1.75. The molecule has 0 heterocycles. The molecule has 86 valence electrons. The fraction of sp³-hybridized carbons (Fsp3) is 0.0833. The molecule has 0 saturated heterocycles. The molecule has 2 rings (SSSR count). The van der Waals surface area contributed by atoms with E-state index in [1.165, 1.54) is 13.0 Å². The van der Waals surface area contributed by atoms with Gasteiger partial charge in [0.05, 0.1) is 5.56 Å². The molecule has 0 fully saturated rings. The van der Waals surface area contributed by atoms with Gasteiger partial charge in [-0.1, -0.05) is 18.2 Å². The van der Waals surface area contributed by atoms with E-state index in [0.717, 1.165) is 5.39 Å². The molecule has 17 heavy (non-hydrogen) atoms. The molecule has 0 unspecified atom stereocenters. The summed E-state index contributed by atoms with van der Waals surface area (Å²) in [5, 5.41) is 29.1. The Labute approximate surface area is 98.3 Å². The lowest BCUT2D eigenvalue weighted by atomic mass is 9.79. The molecule has 0 aliphatic rings. The summed E-state index contributed by atoms with van der Waals surface area (Å²) in [5.74, 6) is -0.315. The number of rotatable bonds is 2. The predicted octanol–water partition coefficient (Wildman–Crippen LogP) is 0.428. The number of fused-ring (bicyclic) bond motifs is 1. The molecule has 0 aliphatic heterocycles. The smallest absolute Gasteiger partial charge is 0.488 e. The molecule has 0 saturated carbocycles. The molecule has 0 spiro atoms. The quantitative estimate of drug-likeness (QED) is 0.516. The summed E-state index contributed by atoms with van der Waals surface area (Å²) in [6.45, 7) is 1.38. The van der Waals surface area contributed by atoms with Gasteiger partial charge in [0, 0.05) is 0 Å². The van der Waals surface area contributed by atoms with Crippen LogP contribution in [0.1, 0.15) is 17.3 Å². The average molecular weight is 230 g/mol. The standard InChI is InChI=1S/C12H11BO4/c1-7(14)11-5-8-2-3-10(13(16)17)4-9(8)6-12(11)15/h2-6,15-17H,1H3. The summed E-state index contributed by atoms with van der Waals surface area (Å²) in [6, 6.07) is 7.83. The summed E-state index contributed by atoms with van der Waals surface area (Å²) in [6.07, 6.45) is 0. The zero-order chi connectivity index (χ0) is 12.6. The van der Waals surface area contributed by atoms with Crippen LogP contribution >= 0.6 is 0 Å². The van der Waals surface area contributed by atoms with Crippen molar-refractivity contribution in [1.82, 2.24) is 0 Å². The van der Waals surface area contributed by atoms with Crippen LogP contribution in [0.4, 0.5) is 0 Å². The number of carbonyl (C=O) groups excluding carboxylic acids is 1. The lowest BCUT2D eigenvalue weighted by Gasteiger charge is -2.06. The SMILES string of the molecule is CC(=O)c1cc2ccc(B(O)O)cc2cc1O. The van der Waals surface area contributed by atoms with Gasteiger partial charge in [0.15, 0.2) is 5.78 Å². The van der Waals surface area contributed by atoms with E-state index in [-0.39, 0.29) is 17.1 Å². The van der Waals surface area contributed by atoms with Crippen molar-refractivity contribution >= 4 is 29.1 Å². The van der Waals surface area contributed by atoms with Crippen LogP contribution in [0.15, 0.2) is 30.3 Å². The molecular weight excluding hydrogens is 219 g/mol. The van der Waals surface area contributed by atoms with Gasteiger partial charge in [0.2, 0.25) is 0 Å². The molecule has 0 amide bonds. The normalized spacial score (nSPS) is 10.5. The summed E-state index contributed by atoms with van der Waals surface area (Å²) in [7, 11) is -1.55. The summed E-state index contributed by atoms with van der Waals surface area (Å²) in [4.78, 5) is 11.2. The fourth-order valence-corrected chi connectivity index (χ4v) is 1.75. The molecule has 5 heteroatoms. The van der Waals surface area contributed by atoms with Gasteiger partial charge in [-0.05, 0) is 35.3 Å². The second-order valence-electron chi connectivity index (χ2n) is 3.91. The Bertz CT molecular complexity index is 592. The lowest BCUT2D eigenvalue weighted by molar-refractivity contribution is 0.101. The molecule has 2 aromatic carbocycles. The third-order valence-electron chi connectivity index (χ3n) is 2.66. The second kappa shape index (κ2) is 4.20. The largest absolute Gasteiger partial charge is 0.507 e. The van der Waals surface area contributed by atoms with Crippen LogP contribution in [-0.4, -0.2) is 28.1 Å². The number of hydrogen-bond acceptors (Lipinski definition) is 4. The first-order chi connectivity index (χ1) is 7.99. The van der Waals surface area contributed by atoms with E-state index in [1.807, 2.05) is 0 Å². The van der Waals surface area contributed by atoms with Crippen LogP contribution in [0.25, 0.3) is 10.8 Å². The number of Topliss-reactive ketones (excluding diaryl/α,β-unsaturated/α-hetero) is 1. The van der Waals surface area contributed by atoms with E-state index in [0.29, 0.717) is 10.8 Å². The first-order valence-corrected chi connectivity index (χ1v) is 5.13. The molecule has 0 bridgehead atoms. The van der Waals surface area contributed by atoms with Crippen molar-refractivity contribution in [2.24, 2.45) is 0 Å². The summed E-state index contributed by atoms with van der Waals surface area (Å²) < 4.78 is 0. The Balaban J connectivity index is 2.66. The average Bonchev–Trinajstić information content (AvgIpc) is 2.26. The third-order valence-corrected chi connectivity index (χ3v) is 2.66. The predicted molar refractivity (Wildman–Crippen MR) is 65.4 cm³/mol. The van der Waals surface area contributed by atoms with Gasteiger partial charge in [-0.3, -0.25) is 4.79 Å². The zero-order valence-electron chi connectivity index (χ0n) is 9.21. The van der Waals surface area contributed by atoms with Gasteiger partial charge >= 0.3 is 7.12 Å². The van der Waals surface area contributed by atoms with Gasteiger partial charge in [-0.2, -0.15) is 0 Å². The maximum absolute atomic E-state index is 11.2. The molecular formula is C12H11BO4. The van der Waals surface area contributed by atoms with Gasteiger partial charge in [0.1, 0.15) is 5.75 Å². The van der Waals surface area contributed by atoms with E-state index in [2.05, 4.69) is 0 Å². The van der Waals surface area contributed by atoms with E-state index in [9.17, 15) is 9.90 Å². The summed E-state index contributed by atoms with van der Waals surface area (Å²) >= 11 is 0. The van der Waals surface area contributed by atoms with Crippen LogP contribution in [-0.2, 0) is 0 Å². The Hall–Kier alpha value is -1.85. The molecule has 4 nitrogen and oxygen atoms in total. The van der Waals surface area contributed by atoms with Crippen LogP contribution in [0.5, 0.6) is 5.75 Å². The topological polar surface area (TPSA) is 77.8 Å². The number of phenolic OH excluding ortho intramolecular Hbond substituents is 1. The van der Waals surface area contributed by atoms with Gasteiger partial charge in [-0.25, -0.2) is 0 Å². The second-order valence-corrected chi connectivity index (χ2v) is 3.91. The first kappa shape index (κ1) is 11.6. The Morgan fingerprint density at radius 2 is 1.82 bits per heavy atom. The minimum Gasteiger partial charge on any atom is -0.507 e. The highest BCUT2D eigenvalue weighted by atomic mass is 16.4. The minimum absolute atomic E-state index is 0.102. The number of carbonyl (C=O) groups is 1. The number of phenols is 1. The zero-order valence-corrected chi connectivity index (χ0v) is 9.21. The maximum atomic E-state index is 11.2. The molecule has 0 aromatic heterocycles. The molecule has 2 aromatic rings. The van der Waals surface area contributed by atoms with Crippen molar-refractivity contribution in [2.45, 2.75) is 6.92 Å². The van der Waals surface area contributed by atoms with Crippen molar-refractivity contribution in [1.29, 1.82) is 0 Å². The number of ketones is 1. The monoisotopic (exact) mass is 230 g/mol. The first-order valence-electron chi connectivity index (χ1n) is 5.13. The third kappa shape index (κ3) is 2.15. The molecule has 0 aliphatic carbocycles. The Morgan fingerprint density at radius 1 is 1.12 bits per heavy atom. The van der Waals surface area contributed by atoms with E-state index < -0.39 is 7.12 Å².